The maximum atomic E-state index is 12.7. The van der Waals surface area contributed by atoms with Crippen molar-refractivity contribution in [3.63, 3.8) is 0 Å². The number of hydrogen-bond acceptors (Lipinski definition) is 6. The Hall–Kier alpha value is -1.91. The number of para-hydroxylation sites is 1. The molecule has 0 saturated carbocycles. The van der Waals surface area contributed by atoms with E-state index in [1.54, 1.807) is 50.6 Å². The Morgan fingerprint density at radius 2 is 1.90 bits per heavy atom. The van der Waals surface area contributed by atoms with Crippen LogP contribution >= 0.6 is 46.0 Å². The number of amides is 2. The van der Waals surface area contributed by atoms with Gasteiger partial charge in [-0.05, 0) is 70.3 Å². The summed E-state index contributed by atoms with van der Waals surface area (Å²) in [5, 5.41) is 0.142. The highest BCUT2D eigenvalue weighted by atomic mass is 127. The quantitative estimate of drug-likeness (QED) is 0.357. The van der Waals surface area contributed by atoms with Gasteiger partial charge in [0.25, 0.3) is 11.1 Å². The molecule has 0 aliphatic carbocycles. The Balaban J connectivity index is 1.71. The summed E-state index contributed by atoms with van der Waals surface area (Å²) in [5.74, 6) is 1.33. The van der Waals surface area contributed by atoms with E-state index in [0.29, 0.717) is 27.2 Å². The average molecular weight is 546 g/mol. The number of thioether (sulfide) groups is 1. The van der Waals surface area contributed by atoms with Gasteiger partial charge in [0.1, 0.15) is 12.4 Å². The molecule has 2 amide bonds. The lowest BCUT2D eigenvalue weighted by atomic mass is 10.2. The van der Waals surface area contributed by atoms with E-state index in [0.717, 1.165) is 20.9 Å². The fraction of sp³-hybridized carbons (Fsp3) is 0.200. The monoisotopic (exact) mass is 545 g/mol. The molecule has 0 aromatic heterocycles. The molecule has 0 bridgehead atoms. The zero-order chi connectivity index (χ0) is 21.0. The van der Waals surface area contributed by atoms with E-state index in [1.165, 1.54) is 4.90 Å². The molecule has 0 radical (unpaired) electrons. The predicted molar refractivity (Wildman–Crippen MR) is 122 cm³/mol. The third-order valence-electron chi connectivity index (χ3n) is 4.04. The van der Waals surface area contributed by atoms with Gasteiger partial charge in [0.15, 0.2) is 11.5 Å². The van der Waals surface area contributed by atoms with Crippen molar-refractivity contribution in [2.75, 3.05) is 27.4 Å². The van der Waals surface area contributed by atoms with Gasteiger partial charge in [0, 0.05) is 0 Å². The van der Waals surface area contributed by atoms with Crippen LogP contribution in [-0.4, -0.2) is 43.4 Å². The molecule has 29 heavy (non-hydrogen) atoms. The van der Waals surface area contributed by atoms with E-state index < -0.39 is 0 Å². The van der Waals surface area contributed by atoms with E-state index in [-0.39, 0.29) is 24.3 Å². The van der Waals surface area contributed by atoms with E-state index >= 15 is 0 Å². The molecule has 6 nitrogen and oxygen atoms in total. The first-order valence-corrected chi connectivity index (χ1v) is 10.8. The molecule has 3 rings (SSSR count). The number of methoxy groups -OCH3 is 2. The number of benzene rings is 2. The van der Waals surface area contributed by atoms with Crippen LogP contribution in [0.1, 0.15) is 5.56 Å². The number of hydrogen-bond donors (Lipinski definition) is 0. The summed E-state index contributed by atoms with van der Waals surface area (Å²) in [7, 11) is 3.11. The maximum Gasteiger partial charge on any atom is 0.293 e. The Morgan fingerprint density at radius 3 is 2.59 bits per heavy atom. The lowest BCUT2D eigenvalue weighted by molar-refractivity contribution is -0.123. The van der Waals surface area contributed by atoms with Crippen molar-refractivity contribution < 1.29 is 23.8 Å². The van der Waals surface area contributed by atoms with Gasteiger partial charge in [-0.15, -0.1) is 0 Å². The van der Waals surface area contributed by atoms with Crippen LogP contribution in [-0.2, 0) is 4.79 Å². The van der Waals surface area contributed by atoms with Crippen molar-refractivity contribution in [1.29, 1.82) is 0 Å². The van der Waals surface area contributed by atoms with Crippen LogP contribution in [0.2, 0.25) is 5.02 Å². The molecule has 1 aliphatic rings. The highest BCUT2D eigenvalue weighted by Crippen LogP contribution is 2.37. The Kier molecular flexibility index (Phi) is 7.31. The average Bonchev–Trinajstić information content (AvgIpc) is 2.96. The fourth-order valence-corrected chi connectivity index (χ4v) is 4.57. The maximum absolute atomic E-state index is 12.7. The zero-order valence-electron chi connectivity index (χ0n) is 15.6. The third kappa shape index (κ3) is 4.99. The van der Waals surface area contributed by atoms with Crippen LogP contribution < -0.4 is 14.2 Å². The lowest BCUT2D eigenvalue weighted by Crippen LogP contribution is -2.32. The topological polar surface area (TPSA) is 65.1 Å². The zero-order valence-corrected chi connectivity index (χ0v) is 19.3. The Morgan fingerprint density at radius 1 is 1.14 bits per heavy atom. The molecule has 1 aliphatic heterocycles. The Labute approximate surface area is 191 Å². The highest BCUT2D eigenvalue weighted by Gasteiger charge is 2.35. The van der Waals surface area contributed by atoms with Crippen molar-refractivity contribution in [1.82, 2.24) is 4.90 Å². The van der Waals surface area contributed by atoms with Crippen LogP contribution in [0.4, 0.5) is 4.79 Å². The van der Waals surface area contributed by atoms with Gasteiger partial charge >= 0.3 is 0 Å². The molecular weight excluding hydrogens is 529 g/mol. The largest absolute Gasteiger partial charge is 0.493 e. The number of nitrogens with zero attached hydrogens (tertiary/aromatic N) is 1. The summed E-state index contributed by atoms with van der Waals surface area (Å²) in [5.41, 5.74) is 0.741. The first-order valence-electron chi connectivity index (χ1n) is 8.48. The number of halogens is 2. The molecule has 9 heteroatoms. The second kappa shape index (κ2) is 9.73. The van der Waals surface area contributed by atoms with Crippen LogP contribution in [0, 0.1) is 3.57 Å². The molecule has 0 unspecified atom stereocenters. The van der Waals surface area contributed by atoms with Crippen molar-refractivity contribution in [3.05, 3.63) is 55.5 Å². The number of ether oxygens (including phenoxy) is 3. The van der Waals surface area contributed by atoms with E-state index in [9.17, 15) is 9.59 Å². The first-order chi connectivity index (χ1) is 13.9. The molecule has 1 heterocycles. The minimum absolute atomic E-state index is 0.136. The third-order valence-corrected chi connectivity index (χ3v) is 6.06. The van der Waals surface area contributed by atoms with Crippen molar-refractivity contribution >= 4 is 63.2 Å². The van der Waals surface area contributed by atoms with Gasteiger partial charge in [-0.3, -0.25) is 14.5 Å². The normalized spacial score (nSPS) is 15.2. The SMILES string of the molecule is COc1cc(/C=C2\SC(=O)N(CCOc3ccccc3Cl)C2=O)cc(I)c1OC. The summed E-state index contributed by atoms with van der Waals surface area (Å²) in [6.07, 6.45) is 1.67. The minimum atomic E-state index is -0.354. The molecule has 1 saturated heterocycles. The van der Waals surface area contributed by atoms with Gasteiger partial charge < -0.3 is 14.2 Å². The second-order valence-electron chi connectivity index (χ2n) is 5.85. The lowest BCUT2D eigenvalue weighted by Gasteiger charge is -2.14. The van der Waals surface area contributed by atoms with Gasteiger partial charge in [0.05, 0.1) is 34.3 Å². The molecule has 0 N–H and O–H groups in total. The van der Waals surface area contributed by atoms with Crippen LogP contribution in [0.15, 0.2) is 41.3 Å². The molecule has 0 atom stereocenters. The standard InChI is InChI=1S/C20H17ClINO5S/c1-26-16-10-12(9-14(22)18(16)27-2)11-17-19(24)23(20(25)29-17)7-8-28-15-6-4-3-5-13(15)21/h3-6,9-11H,7-8H2,1-2H3/b17-11-. The number of carbonyl (C=O) groups excluding carboxylic acids is 2. The summed E-state index contributed by atoms with van der Waals surface area (Å²) < 4.78 is 17.1. The minimum Gasteiger partial charge on any atom is -0.493 e. The van der Waals surface area contributed by atoms with Crippen molar-refractivity contribution in [2.24, 2.45) is 0 Å². The van der Waals surface area contributed by atoms with E-state index in [1.807, 2.05) is 6.07 Å². The van der Waals surface area contributed by atoms with Crippen LogP contribution in [0.25, 0.3) is 6.08 Å². The molecule has 1 fully saturated rings. The van der Waals surface area contributed by atoms with Crippen LogP contribution in [0.3, 0.4) is 0 Å². The van der Waals surface area contributed by atoms with Crippen molar-refractivity contribution in [3.8, 4) is 17.2 Å². The molecule has 2 aromatic carbocycles. The van der Waals surface area contributed by atoms with Gasteiger partial charge in [-0.1, -0.05) is 23.7 Å². The van der Waals surface area contributed by atoms with Gasteiger partial charge in [-0.25, -0.2) is 0 Å². The smallest absolute Gasteiger partial charge is 0.293 e. The fourth-order valence-electron chi connectivity index (χ4n) is 2.67. The second-order valence-corrected chi connectivity index (χ2v) is 8.41. The molecule has 2 aromatic rings. The summed E-state index contributed by atoms with van der Waals surface area (Å²) >= 11 is 9.07. The van der Waals surface area contributed by atoms with Gasteiger partial charge in [0.2, 0.25) is 0 Å². The predicted octanol–water partition coefficient (Wildman–Crippen LogP) is 5.08. The first kappa shape index (κ1) is 21.8. The van der Waals surface area contributed by atoms with Gasteiger partial charge in [-0.2, -0.15) is 0 Å². The van der Waals surface area contributed by atoms with Crippen molar-refractivity contribution in [2.45, 2.75) is 0 Å². The highest BCUT2D eigenvalue weighted by molar-refractivity contribution is 14.1. The molecule has 152 valence electrons. The number of rotatable bonds is 7. The molecular formula is C20H17ClINO5S. The summed E-state index contributed by atoms with van der Waals surface area (Å²) in [6, 6.07) is 10.7. The summed E-state index contributed by atoms with van der Waals surface area (Å²) in [4.78, 5) is 26.5. The van der Waals surface area contributed by atoms with E-state index in [2.05, 4.69) is 22.6 Å². The summed E-state index contributed by atoms with van der Waals surface area (Å²) in [6.45, 7) is 0.292. The Bertz CT molecular complexity index is 981. The number of imide groups is 1. The van der Waals surface area contributed by atoms with Crippen LogP contribution in [0.5, 0.6) is 17.2 Å². The number of carbonyl (C=O) groups is 2. The van der Waals surface area contributed by atoms with E-state index in [4.69, 9.17) is 25.8 Å². The molecule has 0 spiro atoms.